The van der Waals surface area contributed by atoms with Gasteiger partial charge in [-0.05, 0) is 24.4 Å². The van der Waals surface area contributed by atoms with Crippen LogP contribution in [0.2, 0.25) is 0 Å². The minimum Gasteiger partial charge on any atom is -0.466 e. The smallest absolute Gasteiger partial charge is 0.302 e. The highest BCUT2D eigenvalue weighted by molar-refractivity contribution is 6.64. The van der Waals surface area contributed by atoms with E-state index < -0.39 is 23.8 Å². The molecule has 7 heteroatoms. The third-order valence-corrected chi connectivity index (χ3v) is 3.23. The molecule has 0 N–H and O–H groups in total. The van der Waals surface area contributed by atoms with Crippen LogP contribution in [0.1, 0.15) is 51.9 Å². The fourth-order valence-electron chi connectivity index (χ4n) is 1.83. The molecular formula is C14H22ClF3O3. The second-order valence-corrected chi connectivity index (χ2v) is 5.29. The maximum atomic E-state index is 13.3. The Morgan fingerprint density at radius 3 is 2.05 bits per heavy atom. The van der Waals surface area contributed by atoms with Gasteiger partial charge in [0.25, 0.3) is 5.24 Å². The van der Waals surface area contributed by atoms with Crippen LogP contribution in [0.15, 0.2) is 0 Å². The number of halogens is 4. The number of hydrogen-bond acceptors (Lipinski definition) is 3. The normalized spacial score (nSPS) is 15.3. The van der Waals surface area contributed by atoms with Crippen LogP contribution in [-0.4, -0.2) is 36.3 Å². The average Bonchev–Trinajstić information content (AvgIpc) is 2.43. The quantitative estimate of drug-likeness (QED) is 0.308. The highest BCUT2D eigenvalue weighted by Crippen LogP contribution is 2.20. The summed E-state index contributed by atoms with van der Waals surface area (Å²) in [6, 6.07) is 0. The number of ether oxygens (including phenoxy) is 1. The first-order valence-corrected chi connectivity index (χ1v) is 7.49. The molecule has 0 aliphatic rings. The van der Waals surface area contributed by atoms with Crippen LogP contribution >= 0.6 is 11.6 Å². The van der Waals surface area contributed by atoms with Gasteiger partial charge in [0.1, 0.15) is 6.17 Å². The summed E-state index contributed by atoms with van der Waals surface area (Å²) >= 11 is 4.78. The first-order valence-electron chi connectivity index (χ1n) is 7.11. The number of esters is 1. The minimum absolute atomic E-state index is 0.126. The summed E-state index contributed by atoms with van der Waals surface area (Å²) < 4.78 is 44.0. The van der Waals surface area contributed by atoms with Crippen LogP contribution in [0.5, 0.6) is 0 Å². The number of rotatable bonds is 12. The molecular weight excluding hydrogens is 309 g/mol. The Kier molecular flexibility index (Phi) is 11.4. The predicted molar refractivity (Wildman–Crippen MR) is 74.5 cm³/mol. The van der Waals surface area contributed by atoms with Gasteiger partial charge in [-0.1, -0.05) is 32.1 Å². The summed E-state index contributed by atoms with van der Waals surface area (Å²) in [6.45, 7) is 1.75. The summed E-state index contributed by atoms with van der Waals surface area (Å²) in [5.41, 5.74) is 0. The molecule has 0 aliphatic carbocycles. The Morgan fingerprint density at radius 2 is 1.52 bits per heavy atom. The van der Waals surface area contributed by atoms with E-state index in [1.165, 1.54) is 6.92 Å². The molecule has 3 nitrogen and oxygen atoms in total. The first kappa shape index (κ1) is 20.2. The molecule has 0 heterocycles. The summed E-state index contributed by atoms with van der Waals surface area (Å²) in [4.78, 5) is 20.9. The lowest BCUT2D eigenvalue weighted by molar-refractivity contribution is -0.141. The maximum absolute atomic E-state index is 13.3. The zero-order valence-corrected chi connectivity index (χ0v) is 12.9. The molecule has 21 heavy (non-hydrogen) atoms. The minimum atomic E-state index is -2.59. The molecule has 0 radical (unpaired) electrons. The van der Waals surface area contributed by atoms with E-state index in [9.17, 15) is 22.8 Å². The molecule has 0 aromatic carbocycles. The van der Waals surface area contributed by atoms with E-state index in [0.717, 1.165) is 25.7 Å². The Balaban J connectivity index is 3.50. The van der Waals surface area contributed by atoms with Crippen molar-refractivity contribution in [2.45, 2.75) is 70.4 Å². The van der Waals surface area contributed by atoms with Crippen molar-refractivity contribution in [1.29, 1.82) is 0 Å². The monoisotopic (exact) mass is 330 g/mol. The third-order valence-electron chi connectivity index (χ3n) is 3.02. The number of unbranched alkanes of at least 4 members (excludes halogenated alkanes) is 5. The SMILES string of the molecule is CC(=O)OCCCCCCCCC(F)C(F)C(F)C(=O)Cl. The Morgan fingerprint density at radius 1 is 1.00 bits per heavy atom. The fraction of sp³-hybridized carbons (Fsp3) is 0.857. The maximum Gasteiger partial charge on any atom is 0.302 e. The molecule has 0 aromatic heterocycles. The van der Waals surface area contributed by atoms with Gasteiger partial charge >= 0.3 is 5.97 Å². The molecule has 3 unspecified atom stereocenters. The van der Waals surface area contributed by atoms with Crippen LogP contribution in [0.3, 0.4) is 0 Å². The molecule has 0 saturated heterocycles. The standard InChI is InChI=1S/C14H22ClF3O3/c1-10(19)21-9-7-5-3-2-4-6-8-11(16)12(17)13(18)14(15)20/h11-13H,2-9H2,1H3. The molecule has 0 fully saturated rings. The number of carbonyl (C=O) groups excluding carboxylic acids is 2. The molecule has 0 bridgehead atoms. The summed E-state index contributed by atoms with van der Waals surface area (Å²) in [5.74, 6) is -0.300. The first-order chi connectivity index (χ1) is 9.86. The second-order valence-electron chi connectivity index (χ2n) is 4.92. The van der Waals surface area contributed by atoms with E-state index in [1.807, 2.05) is 0 Å². The molecule has 0 saturated carbocycles. The topological polar surface area (TPSA) is 43.4 Å². The lowest BCUT2D eigenvalue weighted by atomic mass is 10.0. The summed E-state index contributed by atoms with van der Waals surface area (Å²) in [5, 5.41) is -1.50. The average molecular weight is 331 g/mol. The van der Waals surface area contributed by atoms with E-state index >= 15 is 0 Å². The van der Waals surface area contributed by atoms with Gasteiger partial charge in [-0.25, -0.2) is 13.2 Å². The summed E-state index contributed by atoms with van der Waals surface area (Å²) in [6.07, 6.45) is -2.67. The summed E-state index contributed by atoms with van der Waals surface area (Å²) in [7, 11) is 0. The molecule has 0 aliphatic heterocycles. The van der Waals surface area contributed by atoms with Crippen molar-refractivity contribution in [2.24, 2.45) is 0 Å². The third kappa shape index (κ3) is 10.6. The van der Waals surface area contributed by atoms with Crippen molar-refractivity contribution >= 4 is 22.8 Å². The van der Waals surface area contributed by atoms with Crippen molar-refractivity contribution < 1.29 is 27.5 Å². The van der Waals surface area contributed by atoms with Gasteiger partial charge < -0.3 is 4.74 Å². The predicted octanol–water partition coefficient (Wildman–Crippen LogP) is 4.06. The van der Waals surface area contributed by atoms with Crippen molar-refractivity contribution in [1.82, 2.24) is 0 Å². The van der Waals surface area contributed by atoms with Gasteiger partial charge in [0.15, 0.2) is 6.17 Å². The molecule has 0 rings (SSSR count). The highest BCUT2D eigenvalue weighted by Gasteiger charge is 2.33. The second kappa shape index (κ2) is 11.8. The molecule has 3 atom stereocenters. The highest BCUT2D eigenvalue weighted by atomic mass is 35.5. The van der Waals surface area contributed by atoms with Gasteiger partial charge in [-0.3, -0.25) is 9.59 Å². The zero-order valence-electron chi connectivity index (χ0n) is 12.1. The Bertz CT molecular complexity index is 316. The largest absolute Gasteiger partial charge is 0.466 e. The number of carbonyl (C=O) groups is 2. The molecule has 124 valence electrons. The Labute approximate surface area is 128 Å². The molecule has 0 aromatic rings. The molecule has 0 amide bonds. The van der Waals surface area contributed by atoms with Crippen molar-refractivity contribution in [3.63, 3.8) is 0 Å². The van der Waals surface area contributed by atoms with Crippen molar-refractivity contribution in [3.8, 4) is 0 Å². The van der Waals surface area contributed by atoms with Crippen molar-refractivity contribution in [3.05, 3.63) is 0 Å². The van der Waals surface area contributed by atoms with Crippen LogP contribution in [0, 0.1) is 0 Å². The lowest BCUT2D eigenvalue weighted by Gasteiger charge is -2.14. The van der Waals surface area contributed by atoms with E-state index in [1.54, 1.807) is 0 Å². The van der Waals surface area contributed by atoms with Gasteiger partial charge in [0.2, 0.25) is 6.17 Å². The molecule has 0 spiro atoms. The van der Waals surface area contributed by atoms with E-state index in [-0.39, 0.29) is 12.4 Å². The zero-order chi connectivity index (χ0) is 16.3. The Hall–Kier alpha value is -0.780. The van der Waals surface area contributed by atoms with Gasteiger partial charge in [0, 0.05) is 6.92 Å². The lowest BCUT2D eigenvalue weighted by Crippen LogP contribution is -2.32. The van der Waals surface area contributed by atoms with Crippen LogP contribution in [0.25, 0.3) is 0 Å². The van der Waals surface area contributed by atoms with E-state index in [2.05, 4.69) is 0 Å². The van der Waals surface area contributed by atoms with E-state index in [4.69, 9.17) is 16.3 Å². The van der Waals surface area contributed by atoms with Crippen molar-refractivity contribution in [2.75, 3.05) is 6.61 Å². The fourth-order valence-corrected chi connectivity index (χ4v) is 1.95. The van der Waals surface area contributed by atoms with Gasteiger partial charge in [-0.2, -0.15) is 0 Å². The van der Waals surface area contributed by atoms with Crippen LogP contribution in [-0.2, 0) is 14.3 Å². The van der Waals surface area contributed by atoms with Gasteiger partial charge in [0.05, 0.1) is 6.61 Å². The number of alkyl halides is 3. The van der Waals surface area contributed by atoms with Crippen LogP contribution < -0.4 is 0 Å². The number of hydrogen-bond donors (Lipinski definition) is 0. The van der Waals surface area contributed by atoms with Gasteiger partial charge in [-0.15, -0.1) is 0 Å². The van der Waals surface area contributed by atoms with E-state index in [0.29, 0.717) is 19.4 Å². The van der Waals surface area contributed by atoms with Crippen LogP contribution in [0.4, 0.5) is 13.2 Å².